The van der Waals surface area contributed by atoms with Crippen molar-refractivity contribution in [2.75, 3.05) is 23.8 Å². The van der Waals surface area contributed by atoms with Crippen LogP contribution >= 0.6 is 0 Å². The number of carbonyl (C=O) groups excluding carboxylic acids is 1. The third-order valence-electron chi connectivity index (χ3n) is 7.97. The summed E-state index contributed by atoms with van der Waals surface area (Å²) in [5.74, 6) is -1.46. The number of nitrogens with zero attached hydrogens (tertiary/aromatic N) is 5. The average Bonchev–Trinajstić information content (AvgIpc) is 3.54. The predicted molar refractivity (Wildman–Crippen MR) is 155 cm³/mol. The largest absolute Gasteiger partial charge is 0.471 e. The van der Waals surface area contributed by atoms with Gasteiger partial charge in [-0.25, -0.2) is 4.98 Å². The summed E-state index contributed by atoms with van der Waals surface area (Å²) >= 11 is 0. The third kappa shape index (κ3) is 7.19. The van der Waals surface area contributed by atoms with E-state index in [4.69, 9.17) is 0 Å². The highest BCUT2D eigenvalue weighted by molar-refractivity contribution is 5.85. The lowest BCUT2D eigenvalue weighted by molar-refractivity contribution is -0.190. The molecule has 1 aliphatic rings. The lowest BCUT2D eigenvalue weighted by Crippen LogP contribution is -2.51. The van der Waals surface area contributed by atoms with Crippen LogP contribution in [0.1, 0.15) is 58.1 Å². The van der Waals surface area contributed by atoms with Crippen molar-refractivity contribution in [2.24, 2.45) is 0 Å². The summed E-state index contributed by atoms with van der Waals surface area (Å²) in [6.07, 6.45) is -4.64. The number of alkyl halides is 3. The Morgan fingerprint density at radius 1 is 1.07 bits per heavy atom. The smallest absolute Gasteiger partial charge is 0.394 e. The molecule has 5 N–H and O–H groups in total. The Hall–Kier alpha value is -3.49. The first kappa shape index (κ1) is 32.4. The van der Waals surface area contributed by atoms with E-state index >= 15 is 0 Å². The molecule has 2 heterocycles. The second kappa shape index (κ2) is 13.9. The molecular formula is C29H40F3N7O4. The molecule has 2 aromatic heterocycles. The van der Waals surface area contributed by atoms with Crippen LogP contribution < -0.4 is 10.6 Å². The van der Waals surface area contributed by atoms with Crippen LogP contribution in [-0.4, -0.2) is 95.3 Å². The fraction of sp³-hybridized carbons (Fsp3) is 0.586. The van der Waals surface area contributed by atoms with Crippen molar-refractivity contribution in [3.63, 3.8) is 0 Å². The number of anilines is 2. The number of aliphatic hydroxyl groups excluding tert-OH is 3. The van der Waals surface area contributed by atoms with Crippen molar-refractivity contribution < 1.29 is 33.3 Å². The summed E-state index contributed by atoms with van der Waals surface area (Å²) in [5, 5.41) is 38.6. The average molecular weight is 608 g/mol. The maximum atomic E-state index is 13.4. The van der Waals surface area contributed by atoms with Crippen LogP contribution in [0.3, 0.4) is 0 Å². The summed E-state index contributed by atoms with van der Waals surface area (Å²) in [7, 11) is 0. The number of aliphatic hydroxyl groups is 3. The molecule has 11 nitrogen and oxygen atoms in total. The Morgan fingerprint density at radius 3 is 2.37 bits per heavy atom. The van der Waals surface area contributed by atoms with Crippen LogP contribution in [0.4, 0.5) is 24.9 Å². The minimum absolute atomic E-state index is 0.0633. The molecule has 1 saturated carbocycles. The van der Waals surface area contributed by atoms with Crippen molar-refractivity contribution in [3.05, 3.63) is 42.2 Å². The number of halogens is 3. The van der Waals surface area contributed by atoms with Crippen LogP contribution in [-0.2, 0) is 11.2 Å². The molecule has 0 bridgehead atoms. The number of imidazole rings is 1. The normalized spacial score (nSPS) is 21.3. The van der Waals surface area contributed by atoms with E-state index in [1.54, 1.807) is 6.92 Å². The number of fused-ring (bicyclic) bond motifs is 1. The molecule has 4 rings (SSSR count). The van der Waals surface area contributed by atoms with Crippen LogP contribution in [0.15, 0.2) is 36.7 Å². The molecule has 1 fully saturated rings. The molecule has 1 aliphatic carbocycles. The molecule has 14 heteroatoms. The van der Waals surface area contributed by atoms with Gasteiger partial charge in [-0.15, -0.1) is 0 Å². The van der Waals surface area contributed by atoms with E-state index < -0.39 is 42.4 Å². The molecule has 0 aliphatic heterocycles. The number of carbonyl (C=O) groups is 1. The maximum absolute atomic E-state index is 13.4. The number of aromatic nitrogens is 4. The van der Waals surface area contributed by atoms with E-state index in [9.17, 15) is 33.3 Å². The van der Waals surface area contributed by atoms with Crippen molar-refractivity contribution in [3.8, 4) is 0 Å². The third-order valence-corrected chi connectivity index (χ3v) is 7.97. The maximum Gasteiger partial charge on any atom is 0.471 e. The van der Waals surface area contributed by atoms with Crippen molar-refractivity contribution in [1.82, 2.24) is 24.4 Å². The van der Waals surface area contributed by atoms with E-state index in [-0.39, 0.29) is 43.6 Å². The first-order chi connectivity index (χ1) is 20.5. The number of benzene rings is 1. The van der Waals surface area contributed by atoms with Crippen LogP contribution in [0.25, 0.3) is 11.2 Å². The van der Waals surface area contributed by atoms with Gasteiger partial charge in [-0.1, -0.05) is 51.1 Å². The van der Waals surface area contributed by atoms with Crippen molar-refractivity contribution >= 4 is 28.8 Å². The fourth-order valence-corrected chi connectivity index (χ4v) is 5.65. The summed E-state index contributed by atoms with van der Waals surface area (Å²) in [5.41, 5.74) is 1.65. The molecule has 0 spiro atoms. The molecule has 1 amide bonds. The molecule has 236 valence electrons. The number of amides is 1. The standard InChI is InChI=1S/C29H40F3N7O4/c1-4-12-38(27(43)29(30,31)32)20-14-21(24(42)23(20)41)39-16-33-22-25(34-18(5-2)6-3)36-28(37-26(22)39)35-19(15-40)13-17-10-8-7-9-11-17/h7-11,16,18-21,23-24,40-42H,4-6,12-15H2,1-3H3,(H2,34,35,36,37)/t19-,20-,21+,23+,24-/m0/s1. The summed E-state index contributed by atoms with van der Waals surface area (Å²) in [6.45, 7) is 5.25. The SMILES string of the molecule is CCCN(C(=O)C(F)(F)F)[C@H]1C[C@@H](n2cnc3c(NC(CC)CC)nc(N[C@H](CO)Cc4ccccc4)nc32)[C@H](O)[C@@H]1O. The summed E-state index contributed by atoms with van der Waals surface area (Å²) in [6, 6.07) is 7.03. The van der Waals surface area contributed by atoms with E-state index in [1.165, 1.54) is 10.9 Å². The minimum Gasteiger partial charge on any atom is -0.394 e. The van der Waals surface area contributed by atoms with Gasteiger partial charge in [0, 0.05) is 12.6 Å². The second-order valence-corrected chi connectivity index (χ2v) is 10.9. The Labute approximate surface area is 248 Å². The van der Waals surface area contributed by atoms with Crippen LogP contribution in [0.5, 0.6) is 0 Å². The number of rotatable bonds is 13. The highest BCUT2D eigenvalue weighted by Gasteiger charge is 2.51. The minimum atomic E-state index is -5.12. The molecule has 0 radical (unpaired) electrons. The van der Waals surface area contributed by atoms with Gasteiger partial charge in [0.1, 0.15) is 12.2 Å². The molecule has 0 unspecified atom stereocenters. The van der Waals surface area contributed by atoms with Gasteiger partial charge in [0.2, 0.25) is 5.95 Å². The van der Waals surface area contributed by atoms with Gasteiger partial charge >= 0.3 is 12.1 Å². The van der Waals surface area contributed by atoms with Gasteiger partial charge in [0.25, 0.3) is 0 Å². The topological polar surface area (TPSA) is 149 Å². The van der Waals surface area contributed by atoms with E-state index in [0.717, 1.165) is 18.4 Å². The highest BCUT2D eigenvalue weighted by atomic mass is 19.4. The molecular weight excluding hydrogens is 567 g/mol. The molecule has 3 aromatic rings. The van der Waals surface area contributed by atoms with Crippen LogP contribution in [0, 0.1) is 0 Å². The first-order valence-corrected chi connectivity index (χ1v) is 14.7. The lowest BCUT2D eigenvalue weighted by atomic mass is 10.1. The number of nitrogens with one attached hydrogen (secondary N) is 2. The number of hydrogen-bond acceptors (Lipinski definition) is 9. The fourth-order valence-electron chi connectivity index (χ4n) is 5.65. The van der Waals surface area contributed by atoms with Gasteiger partial charge in [-0.3, -0.25) is 4.79 Å². The summed E-state index contributed by atoms with van der Waals surface area (Å²) < 4.78 is 41.7. The zero-order chi connectivity index (χ0) is 31.3. The Balaban J connectivity index is 1.72. The van der Waals surface area contributed by atoms with Gasteiger partial charge in [0.15, 0.2) is 17.0 Å². The monoisotopic (exact) mass is 607 g/mol. The Bertz CT molecular complexity index is 1350. The van der Waals surface area contributed by atoms with Gasteiger partial charge in [-0.05, 0) is 37.7 Å². The first-order valence-electron chi connectivity index (χ1n) is 14.7. The van der Waals surface area contributed by atoms with Gasteiger partial charge in [0.05, 0.1) is 31.1 Å². The predicted octanol–water partition coefficient (Wildman–Crippen LogP) is 3.28. The zero-order valence-corrected chi connectivity index (χ0v) is 24.5. The quantitative estimate of drug-likeness (QED) is 0.197. The van der Waals surface area contributed by atoms with E-state index in [2.05, 4.69) is 25.6 Å². The van der Waals surface area contributed by atoms with Gasteiger partial charge in [-0.2, -0.15) is 23.1 Å². The number of hydrogen-bond donors (Lipinski definition) is 5. The van der Waals surface area contributed by atoms with Crippen molar-refractivity contribution in [2.45, 2.75) is 95.4 Å². The van der Waals surface area contributed by atoms with Crippen molar-refractivity contribution in [1.29, 1.82) is 0 Å². The molecule has 5 atom stereocenters. The Kier molecular flexibility index (Phi) is 10.5. The lowest BCUT2D eigenvalue weighted by Gasteiger charge is -2.31. The zero-order valence-electron chi connectivity index (χ0n) is 24.5. The van der Waals surface area contributed by atoms with E-state index in [1.807, 2.05) is 44.2 Å². The molecule has 0 saturated heterocycles. The molecule has 1 aromatic carbocycles. The Morgan fingerprint density at radius 2 is 1.77 bits per heavy atom. The van der Waals surface area contributed by atoms with E-state index in [0.29, 0.717) is 22.7 Å². The molecule has 43 heavy (non-hydrogen) atoms. The van der Waals surface area contributed by atoms with Gasteiger partial charge < -0.3 is 35.4 Å². The summed E-state index contributed by atoms with van der Waals surface area (Å²) in [4.78, 5) is 26.6. The second-order valence-electron chi connectivity index (χ2n) is 10.9. The van der Waals surface area contributed by atoms with Crippen LogP contribution in [0.2, 0.25) is 0 Å². The highest BCUT2D eigenvalue weighted by Crippen LogP contribution is 2.38.